The number of hydrogen-bond acceptors (Lipinski definition) is 4. The van der Waals surface area contributed by atoms with Crippen molar-refractivity contribution in [3.63, 3.8) is 0 Å². The van der Waals surface area contributed by atoms with Gasteiger partial charge in [-0.2, -0.15) is 0 Å². The van der Waals surface area contributed by atoms with E-state index in [1.807, 2.05) is 30.3 Å². The number of carbonyl (C=O) groups is 1. The molecule has 1 saturated heterocycles. The van der Waals surface area contributed by atoms with E-state index in [4.69, 9.17) is 4.74 Å². The molecule has 0 bridgehead atoms. The lowest BCUT2D eigenvalue weighted by atomic mass is 9.89. The van der Waals surface area contributed by atoms with Gasteiger partial charge in [-0.25, -0.2) is 0 Å². The van der Waals surface area contributed by atoms with Crippen LogP contribution in [0.5, 0.6) is 0 Å². The first-order chi connectivity index (χ1) is 13.5. The van der Waals surface area contributed by atoms with Crippen LogP contribution in [0, 0.1) is 0 Å². The van der Waals surface area contributed by atoms with Gasteiger partial charge in [-0.05, 0) is 36.6 Å². The van der Waals surface area contributed by atoms with E-state index >= 15 is 0 Å². The van der Waals surface area contributed by atoms with E-state index in [0.717, 1.165) is 31.5 Å². The molecule has 1 aromatic heterocycles. The number of amides is 1. The minimum Gasteiger partial charge on any atom is -0.373 e. The molecule has 0 N–H and O–H groups in total. The normalized spacial score (nSPS) is 24.0. The Morgan fingerprint density at radius 1 is 1.14 bits per heavy atom. The second-order valence-corrected chi connectivity index (χ2v) is 8.34. The van der Waals surface area contributed by atoms with Crippen LogP contribution in [0.2, 0.25) is 0 Å². The summed E-state index contributed by atoms with van der Waals surface area (Å²) in [5.41, 5.74) is 3.09. The monoisotopic (exact) mass is 379 g/mol. The topological polar surface area (TPSA) is 45.7 Å². The molecule has 0 spiro atoms. The maximum atomic E-state index is 13.9. The lowest BCUT2D eigenvalue weighted by Crippen LogP contribution is -2.64. The molecule has 2 aromatic rings. The number of ether oxygens (including phenoxy) is 1. The van der Waals surface area contributed by atoms with Gasteiger partial charge < -0.3 is 9.64 Å². The Kier molecular flexibility index (Phi) is 5.21. The standard InChI is InChI=1S/C23H29N3O2/c1-17-14-26(15-18(2)28-17)23(11-20-8-4-5-9-21(20)12-23)22(27)25(3)16-19-7-6-10-24-13-19/h4-10,13,17-18H,11-12,14-16H2,1-3H3/t17-,18+. The molecule has 1 aliphatic heterocycles. The molecule has 5 heteroatoms. The quantitative estimate of drug-likeness (QED) is 0.819. The molecule has 1 aliphatic carbocycles. The van der Waals surface area contributed by atoms with Gasteiger partial charge in [0.05, 0.1) is 12.2 Å². The summed E-state index contributed by atoms with van der Waals surface area (Å²) in [6.45, 7) is 6.33. The van der Waals surface area contributed by atoms with Crippen molar-refractivity contribution in [3.05, 3.63) is 65.5 Å². The molecular formula is C23H29N3O2. The van der Waals surface area contributed by atoms with Gasteiger partial charge in [-0.3, -0.25) is 14.7 Å². The first-order valence-corrected chi connectivity index (χ1v) is 10.1. The highest BCUT2D eigenvalue weighted by atomic mass is 16.5. The number of hydrogen-bond donors (Lipinski definition) is 0. The van der Waals surface area contributed by atoms with Crippen molar-refractivity contribution in [2.75, 3.05) is 20.1 Å². The van der Waals surface area contributed by atoms with Crippen LogP contribution >= 0.6 is 0 Å². The molecule has 1 fully saturated rings. The number of likely N-dealkylation sites (N-methyl/N-ethyl adjacent to an activating group) is 1. The summed E-state index contributed by atoms with van der Waals surface area (Å²) in [4.78, 5) is 22.3. The molecule has 2 heterocycles. The van der Waals surface area contributed by atoms with Gasteiger partial charge in [0.25, 0.3) is 0 Å². The molecule has 4 rings (SSSR count). The second kappa shape index (κ2) is 7.64. The third-order valence-corrected chi connectivity index (χ3v) is 6.00. The third kappa shape index (κ3) is 3.56. The Hall–Kier alpha value is -2.24. The molecule has 0 saturated carbocycles. The van der Waals surface area contributed by atoms with E-state index < -0.39 is 5.54 Å². The summed E-state index contributed by atoms with van der Waals surface area (Å²) >= 11 is 0. The Labute approximate surface area is 167 Å². The Bertz CT molecular complexity index is 804. The van der Waals surface area contributed by atoms with E-state index in [2.05, 4.69) is 48.0 Å². The fraction of sp³-hybridized carbons (Fsp3) is 0.478. The Balaban J connectivity index is 1.65. The number of morpholine rings is 1. The highest BCUT2D eigenvalue weighted by Gasteiger charge is 2.51. The number of fused-ring (bicyclic) bond motifs is 1. The fourth-order valence-corrected chi connectivity index (χ4v) is 4.83. The number of carbonyl (C=O) groups excluding carboxylic acids is 1. The van der Waals surface area contributed by atoms with Crippen LogP contribution in [0.3, 0.4) is 0 Å². The van der Waals surface area contributed by atoms with Gasteiger partial charge in [0.1, 0.15) is 5.54 Å². The van der Waals surface area contributed by atoms with Gasteiger partial charge in [-0.15, -0.1) is 0 Å². The number of rotatable bonds is 4. The van der Waals surface area contributed by atoms with Crippen molar-refractivity contribution in [2.45, 2.75) is 51.0 Å². The van der Waals surface area contributed by atoms with E-state index in [0.29, 0.717) is 6.54 Å². The van der Waals surface area contributed by atoms with E-state index in [1.54, 1.807) is 6.20 Å². The predicted molar refractivity (Wildman–Crippen MR) is 109 cm³/mol. The maximum absolute atomic E-state index is 13.9. The first kappa shape index (κ1) is 19.1. The largest absolute Gasteiger partial charge is 0.373 e. The van der Waals surface area contributed by atoms with E-state index in [1.165, 1.54) is 11.1 Å². The Morgan fingerprint density at radius 2 is 1.79 bits per heavy atom. The molecule has 0 radical (unpaired) electrons. The van der Waals surface area contributed by atoms with Crippen molar-refractivity contribution in [1.82, 2.24) is 14.8 Å². The van der Waals surface area contributed by atoms with Crippen molar-refractivity contribution in [1.29, 1.82) is 0 Å². The molecule has 1 aromatic carbocycles. The van der Waals surface area contributed by atoms with Gasteiger partial charge in [0, 0.05) is 51.9 Å². The van der Waals surface area contributed by atoms with Crippen molar-refractivity contribution in [3.8, 4) is 0 Å². The fourth-order valence-electron chi connectivity index (χ4n) is 4.83. The van der Waals surface area contributed by atoms with Crippen LogP contribution in [0.1, 0.15) is 30.5 Å². The number of benzene rings is 1. The molecule has 148 valence electrons. The molecule has 2 aliphatic rings. The van der Waals surface area contributed by atoms with Crippen molar-refractivity contribution < 1.29 is 9.53 Å². The van der Waals surface area contributed by atoms with Gasteiger partial charge in [0.15, 0.2) is 0 Å². The SMILES string of the molecule is C[C@@H]1CN(C2(C(=O)N(C)Cc3cccnc3)Cc3ccccc3C2)C[C@H](C)O1. The zero-order valence-corrected chi connectivity index (χ0v) is 17.0. The molecular weight excluding hydrogens is 350 g/mol. The van der Waals surface area contributed by atoms with E-state index in [9.17, 15) is 4.79 Å². The molecule has 28 heavy (non-hydrogen) atoms. The maximum Gasteiger partial charge on any atom is 0.243 e. The summed E-state index contributed by atoms with van der Waals surface area (Å²) < 4.78 is 5.96. The molecule has 5 nitrogen and oxygen atoms in total. The average molecular weight is 380 g/mol. The minimum atomic E-state index is -0.535. The summed E-state index contributed by atoms with van der Waals surface area (Å²) in [6, 6.07) is 12.4. The second-order valence-electron chi connectivity index (χ2n) is 8.34. The number of nitrogens with zero attached hydrogens (tertiary/aromatic N) is 3. The smallest absolute Gasteiger partial charge is 0.243 e. The van der Waals surface area contributed by atoms with Gasteiger partial charge in [0.2, 0.25) is 5.91 Å². The summed E-state index contributed by atoms with van der Waals surface area (Å²) in [5, 5.41) is 0. The van der Waals surface area contributed by atoms with Crippen molar-refractivity contribution in [2.24, 2.45) is 0 Å². The van der Waals surface area contributed by atoms with Crippen LogP contribution in [0.4, 0.5) is 0 Å². The number of pyridine rings is 1. The Morgan fingerprint density at radius 3 is 2.36 bits per heavy atom. The van der Waals surface area contributed by atoms with Gasteiger partial charge >= 0.3 is 0 Å². The highest BCUT2D eigenvalue weighted by molar-refractivity contribution is 5.88. The van der Waals surface area contributed by atoms with E-state index in [-0.39, 0.29) is 18.1 Å². The van der Waals surface area contributed by atoms with Crippen molar-refractivity contribution >= 4 is 5.91 Å². The zero-order chi connectivity index (χ0) is 19.7. The number of aromatic nitrogens is 1. The van der Waals surface area contributed by atoms with Crippen LogP contribution in [-0.4, -0.2) is 58.6 Å². The average Bonchev–Trinajstić information content (AvgIpc) is 3.08. The van der Waals surface area contributed by atoms with Crippen LogP contribution in [0.15, 0.2) is 48.8 Å². The third-order valence-electron chi connectivity index (χ3n) is 6.00. The minimum absolute atomic E-state index is 0.126. The highest BCUT2D eigenvalue weighted by Crippen LogP contribution is 2.38. The van der Waals surface area contributed by atoms with Gasteiger partial charge in [-0.1, -0.05) is 30.3 Å². The lowest BCUT2D eigenvalue weighted by Gasteiger charge is -2.47. The molecule has 1 amide bonds. The lowest BCUT2D eigenvalue weighted by molar-refractivity contribution is -0.153. The van der Waals surface area contributed by atoms with Crippen LogP contribution in [-0.2, 0) is 28.9 Å². The first-order valence-electron chi connectivity index (χ1n) is 10.1. The summed E-state index contributed by atoms with van der Waals surface area (Å²) in [7, 11) is 1.91. The van der Waals surface area contributed by atoms with Crippen LogP contribution < -0.4 is 0 Å². The molecule has 0 unspecified atom stereocenters. The molecule has 2 atom stereocenters. The van der Waals surface area contributed by atoms with Crippen LogP contribution in [0.25, 0.3) is 0 Å². The summed E-state index contributed by atoms with van der Waals surface area (Å²) in [6.07, 6.45) is 5.37. The summed E-state index contributed by atoms with van der Waals surface area (Å²) in [5.74, 6) is 0.189. The predicted octanol–water partition coefficient (Wildman–Crippen LogP) is 2.69. The zero-order valence-electron chi connectivity index (χ0n) is 17.0.